The molecule has 1 atom stereocenters. The number of nitrogens with one attached hydrogen (secondary N) is 1. The molecular weight excluding hydrogens is 450 g/mol. The Kier molecular flexibility index (Phi) is 6.60. The minimum atomic E-state index is -0.951. The molecule has 2 amide bonds. The number of benzene rings is 3. The molecule has 0 fully saturated rings. The molecule has 1 aliphatic rings. The van der Waals surface area contributed by atoms with Gasteiger partial charge < -0.3 is 15.0 Å². The van der Waals surface area contributed by atoms with Crippen LogP contribution in [0.5, 0.6) is 5.75 Å². The number of rotatable bonds is 5. The number of halogens is 3. The van der Waals surface area contributed by atoms with Gasteiger partial charge in [0, 0.05) is 29.4 Å². The summed E-state index contributed by atoms with van der Waals surface area (Å²) in [6, 6.07) is 15.3. The van der Waals surface area contributed by atoms with Crippen LogP contribution in [0.25, 0.3) is 0 Å². The summed E-state index contributed by atoms with van der Waals surface area (Å²) in [4.78, 5) is 27.2. The maximum atomic E-state index is 14.0. The zero-order valence-electron chi connectivity index (χ0n) is 17.8. The van der Waals surface area contributed by atoms with Crippen molar-refractivity contribution in [1.29, 1.82) is 0 Å². The zero-order chi connectivity index (χ0) is 23.5. The van der Waals surface area contributed by atoms with E-state index in [2.05, 4.69) is 5.32 Å². The van der Waals surface area contributed by atoms with Gasteiger partial charge in [-0.05, 0) is 48.4 Å². The highest BCUT2D eigenvalue weighted by Gasteiger charge is 2.30. The number of ether oxygens (including phenoxy) is 1. The molecule has 33 heavy (non-hydrogen) atoms. The Hall–Kier alpha value is -3.45. The monoisotopic (exact) mass is 470 g/mol. The van der Waals surface area contributed by atoms with Crippen LogP contribution in [0.2, 0.25) is 5.02 Å². The van der Waals surface area contributed by atoms with Gasteiger partial charge >= 0.3 is 0 Å². The lowest BCUT2D eigenvalue weighted by atomic mass is 10.1. The molecule has 0 saturated carbocycles. The lowest BCUT2D eigenvalue weighted by Crippen LogP contribution is -2.38. The Labute approximate surface area is 194 Å². The van der Waals surface area contributed by atoms with Gasteiger partial charge in [0.15, 0.2) is 6.10 Å². The fraction of sp³-hybridized carbons (Fsp3) is 0.200. The molecule has 0 radical (unpaired) electrons. The fourth-order valence-electron chi connectivity index (χ4n) is 3.72. The van der Waals surface area contributed by atoms with E-state index in [-0.39, 0.29) is 19.0 Å². The highest BCUT2D eigenvalue weighted by molar-refractivity contribution is 6.31. The maximum Gasteiger partial charge on any atom is 0.264 e. The van der Waals surface area contributed by atoms with E-state index in [1.807, 2.05) is 25.1 Å². The van der Waals surface area contributed by atoms with Crippen LogP contribution in [0.1, 0.15) is 34.8 Å². The van der Waals surface area contributed by atoms with E-state index in [0.717, 1.165) is 17.7 Å². The van der Waals surface area contributed by atoms with Crippen LogP contribution in [0, 0.1) is 11.6 Å². The summed E-state index contributed by atoms with van der Waals surface area (Å²) in [5.41, 5.74) is 1.11. The van der Waals surface area contributed by atoms with Gasteiger partial charge in [-0.2, -0.15) is 0 Å². The number of fused-ring (bicyclic) bond motifs is 1. The van der Waals surface area contributed by atoms with E-state index in [1.54, 1.807) is 29.2 Å². The van der Waals surface area contributed by atoms with Crippen molar-refractivity contribution < 1.29 is 23.1 Å². The van der Waals surface area contributed by atoms with Gasteiger partial charge in [-0.1, -0.05) is 42.8 Å². The van der Waals surface area contributed by atoms with E-state index in [0.29, 0.717) is 28.4 Å². The van der Waals surface area contributed by atoms with Crippen molar-refractivity contribution in [2.24, 2.45) is 0 Å². The Bertz CT molecular complexity index is 1200. The lowest BCUT2D eigenvalue weighted by molar-refractivity contribution is -0.139. The number of amides is 2. The normalized spacial score (nSPS) is 15.5. The van der Waals surface area contributed by atoms with E-state index in [9.17, 15) is 18.4 Å². The molecule has 8 heteroatoms. The van der Waals surface area contributed by atoms with E-state index < -0.39 is 29.2 Å². The highest BCUT2D eigenvalue weighted by atomic mass is 35.5. The van der Waals surface area contributed by atoms with Gasteiger partial charge in [-0.3, -0.25) is 9.59 Å². The van der Waals surface area contributed by atoms with Crippen molar-refractivity contribution in [3.05, 3.63) is 94.0 Å². The molecular formula is C25H21ClF2N2O3. The van der Waals surface area contributed by atoms with E-state index in [1.165, 1.54) is 6.07 Å². The average molecular weight is 471 g/mol. The Balaban J connectivity index is 1.62. The van der Waals surface area contributed by atoms with Crippen molar-refractivity contribution in [2.75, 3.05) is 5.32 Å². The van der Waals surface area contributed by atoms with Crippen LogP contribution in [0.4, 0.5) is 14.5 Å². The van der Waals surface area contributed by atoms with Crippen LogP contribution in [-0.2, 0) is 17.9 Å². The van der Waals surface area contributed by atoms with Crippen LogP contribution in [0.3, 0.4) is 0 Å². The maximum absolute atomic E-state index is 14.0. The number of hydrogen-bond acceptors (Lipinski definition) is 3. The molecule has 1 N–H and O–H groups in total. The number of carbonyl (C=O) groups is 2. The van der Waals surface area contributed by atoms with Crippen molar-refractivity contribution in [2.45, 2.75) is 32.5 Å². The van der Waals surface area contributed by atoms with Gasteiger partial charge in [0.1, 0.15) is 22.9 Å². The summed E-state index contributed by atoms with van der Waals surface area (Å²) < 4.78 is 33.9. The fourth-order valence-corrected chi connectivity index (χ4v) is 3.91. The first-order valence-electron chi connectivity index (χ1n) is 10.4. The molecule has 0 aromatic heterocycles. The van der Waals surface area contributed by atoms with Crippen molar-refractivity contribution in [1.82, 2.24) is 4.90 Å². The molecule has 0 bridgehead atoms. The molecule has 3 aromatic carbocycles. The van der Waals surface area contributed by atoms with Gasteiger partial charge in [0.2, 0.25) is 0 Å². The number of hydrogen-bond donors (Lipinski definition) is 1. The Morgan fingerprint density at radius 3 is 2.55 bits per heavy atom. The highest BCUT2D eigenvalue weighted by Crippen LogP contribution is 2.31. The Morgan fingerprint density at radius 2 is 1.85 bits per heavy atom. The summed E-state index contributed by atoms with van der Waals surface area (Å²) in [5.74, 6) is -2.48. The van der Waals surface area contributed by atoms with E-state index >= 15 is 0 Å². The topological polar surface area (TPSA) is 58.6 Å². The minimum Gasteiger partial charge on any atom is -0.480 e. The summed E-state index contributed by atoms with van der Waals surface area (Å²) in [6.45, 7) is 2.36. The lowest BCUT2D eigenvalue weighted by Gasteiger charge is -2.23. The quantitative estimate of drug-likeness (QED) is 0.530. The summed E-state index contributed by atoms with van der Waals surface area (Å²) in [5, 5.41) is 3.07. The second-order valence-corrected chi connectivity index (χ2v) is 8.08. The third-order valence-electron chi connectivity index (χ3n) is 5.42. The number of nitrogens with zero attached hydrogens (tertiary/aromatic N) is 1. The molecule has 5 nitrogen and oxygen atoms in total. The average Bonchev–Trinajstić information content (AvgIpc) is 2.91. The standard InChI is InChI=1S/C25H21ClF2N2O3/c1-2-21-25(32)30(13-15-6-3-4-7-18(15)26)14-16-12-17(10-11-22(16)33-21)29-24(31)23-19(27)8-5-9-20(23)28/h3-12,21H,2,13-14H2,1H3,(H,29,31)/t21-/m1/s1. The molecule has 3 aromatic rings. The minimum absolute atomic E-state index is 0.173. The first kappa shape index (κ1) is 22.7. The van der Waals surface area contributed by atoms with Crippen molar-refractivity contribution in [3.8, 4) is 5.75 Å². The SMILES string of the molecule is CC[C@H]1Oc2ccc(NC(=O)c3c(F)cccc3F)cc2CN(Cc2ccccc2Cl)C1=O. The van der Waals surface area contributed by atoms with Gasteiger partial charge in [-0.25, -0.2) is 8.78 Å². The summed E-state index contributed by atoms with van der Waals surface area (Å²) >= 11 is 6.29. The van der Waals surface area contributed by atoms with Crippen LogP contribution < -0.4 is 10.1 Å². The summed E-state index contributed by atoms with van der Waals surface area (Å²) in [7, 11) is 0. The van der Waals surface area contributed by atoms with Crippen LogP contribution >= 0.6 is 11.6 Å². The molecule has 0 spiro atoms. The number of carbonyl (C=O) groups excluding carboxylic acids is 2. The van der Waals surface area contributed by atoms with Gasteiger partial charge in [-0.15, -0.1) is 0 Å². The molecule has 0 saturated heterocycles. The first-order chi connectivity index (χ1) is 15.9. The van der Waals surface area contributed by atoms with Crippen molar-refractivity contribution in [3.63, 3.8) is 0 Å². The first-order valence-corrected chi connectivity index (χ1v) is 10.8. The second kappa shape index (κ2) is 9.58. The molecule has 0 unspecified atom stereocenters. The zero-order valence-corrected chi connectivity index (χ0v) is 18.5. The molecule has 1 aliphatic heterocycles. The van der Waals surface area contributed by atoms with Crippen LogP contribution in [-0.4, -0.2) is 22.8 Å². The molecule has 4 rings (SSSR count). The molecule has 170 valence electrons. The van der Waals surface area contributed by atoms with E-state index in [4.69, 9.17) is 16.3 Å². The molecule has 0 aliphatic carbocycles. The third kappa shape index (κ3) is 4.83. The Morgan fingerprint density at radius 1 is 1.12 bits per heavy atom. The molecule has 1 heterocycles. The third-order valence-corrected chi connectivity index (χ3v) is 5.78. The van der Waals surface area contributed by atoms with Gasteiger partial charge in [0.05, 0.1) is 0 Å². The predicted octanol–water partition coefficient (Wildman–Crippen LogP) is 5.57. The van der Waals surface area contributed by atoms with Crippen molar-refractivity contribution >= 4 is 29.1 Å². The predicted molar refractivity (Wildman–Crippen MR) is 121 cm³/mol. The largest absolute Gasteiger partial charge is 0.480 e. The summed E-state index contributed by atoms with van der Waals surface area (Å²) in [6.07, 6.45) is -0.191. The second-order valence-electron chi connectivity index (χ2n) is 7.67. The van der Waals surface area contributed by atoms with Gasteiger partial charge in [0.25, 0.3) is 11.8 Å². The smallest absolute Gasteiger partial charge is 0.264 e. The number of anilines is 1. The van der Waals surface area contributed by atoms with Crippen LogP contribution in [0.15, 0.2) is 60.7 Å².